The van der Waals surface area contributed by atoms with Gasteiger partial charge in [-0.2, -0.15) is 0 Å². The highest BCUT2D eigenvalue weighted by Crippen LogP contribution is 2.60. The van der Waals surface area contributed by atoms with E-state index in [-0.39, 0.29) is 35.7 Å². The van der Waals surface area contributed by atoms with Crippen molar-refractivity contribution in [2.24, 2.45) is 11.8 Å². The third kappa shape index (κ3) is 3.93. The van der Waals surface area contributed by atoms with Gasteiger partial charge in [0.25, 0.3) is 0 Å². The van der Waals surface area contributed by atoms with Crippen molar-refractivity contribution in [3.05, 3.63) is 59.7 Å². The maximum atomic E-state index is 13.9. The van der Waals surface area contributed by atoms with Crippen LogP contribution >= 0.6 is 15.9 Å². The van der Waals surface area contributed by atoms with Gasteiger partial charge >= 0.3 is 0 Å². The smallest absolute Gasteiger partial charge is 0.250 e. The molecule has 3 aliphatic heterocycles. The van der Waals surface area contributed by atoms with Crippen LogP contribution in [0.5, 0.6) is 0 Å². The van der Waals surface area contributed by atoms with Gasteiger partial charge in [-0.25, -0.2) is 0 Å². The first-order chi connectivity index (χ1) is 17.3. The molecular weight excluding hydrogens is 526 g/mol. The monoisotopic (exact) mass is 555 g/mol. The first kappa shape index (κ1) is 24.9. The molecule has 0 radical (unpaired) electrons. The van der Waals surface area contributed by atoms with E-state index in [1.807, 2.05) is 50.2 Å². The number of hydrogen-bond donors (Lipinski definition) is 3. The second-order valence-corrected chi connectivity index (χ2v) is 11.1. The lowest BCUT2D eigenvalue weighted by Crippen LogP contribution is -2.54. The third-order valence-electron chi connectivity index (χ3n) is 7.67. The first-order valence-electron chi connectivity index (χ1n) is 12.2. The van der Waals surface area contributed by atoms with Gasteiger partial charge in [0, 0.05) is 29.4 Å². The highest BCUT2D eigenvalue weighted by atomic mass is 79.9. The number of fused-ring (bicyclic) bond motifs is 1. The predicted octanol–water partition coefficient (Wildman–Crippen LogP) is 3.01. The number of anilines is 2. The summed E-state index contributed by atoms with van der Waals surface area (Å²) in [7, 11) is 0. The average molecular weight is 556 g/mol. The van der Waals surface area contributed by atoms with E-state index >= 15 is 0 Å². The van der Waals surface area contributed by atoms with Gasteiger partial charge in [0.2, 0.25) is 17.7 Å². The fraction of sp³-hybridized carbons (Fsp3) is 0.444. The molecule has 2 aromatic carbocycles. The van der Waals surface area contributed by atoms with Crippen LogP contribution in [0.2, 0.25) is 0 Å². The minimum absolute atomic E-state index is 0.116. The number of aliphatic hydroxyl groups is 1. The zero-order chi connectivity index (χ0) is 25.6. The number of amides is 3. The maximum absolute atomic E-state index is 13.9. The molecule has 2 bridgehead atoms. The second kappa shape index (κ2) is 9.61. The van der Waals surface area contributed by atoms with Crippen molar-refractivity contribution >= 4 is 45.0 Å². The lowest BCUT2D eigenvalue weighted by atomic mass is 9.70. The molecule has 0 aromatic heterocycles. The highest BCUT2D eigenvalue weighted by Gasteiger charge is 2.76. The minimum atomic E-state index is -1.13. The summed E-state index contributed by atoms with van der Waals surface area (Å²) in [6, 6.07) is 13.9. The Bertz CT molecular complexity index is 1170. The van der Waals surface area contributed by atoms with Gasteiger partial charge in [0.05, 0.1) is 17.9 Å². The molecular formula is C27H30BrN3O5. The number of alkyl halides is 1. The Labute approximate surface area is 218 Å². The molecule has 2 aromatic rings. The Hall–Kier alpha value is -2.75. The van der Waals surface area contributed by atoms with Crippen LogP contribution < -0.4 is 10.6 Å². The number of benzene rings is 2. The molecule has 5 rings (SSSR count). The van der Waals surface area contributed by atoms with Crippen LogP contribution in [-0.2, 0) is 19.1 Å². The molecule has 3 heterocycles. The van der Waals surface area contributed by atoms with Crippen molar-refractivity contribution in [3.63, 3.8) is 0 Å². The minimum Gasteiger partial charge on any atom is -0.396 e. The first-order valence-corrected chi connectivity index (χ1v) is 13.2. The number of hydrogen-bond acceptors (Lipinski definition) is 5. The van der Waals surface area contributed by atoms with E-state index in [1.54, 1.807) is 12.1 Å². The van der Waals surface area contributed by atoms with Gasteiger partial charge in [0.15, 0.2) is 0 Å². The lowest BCUT2D eigenvalue weighted by molar-refractivity contribution is -0.139. The zero-order valence-electron chi connectivity index (χ0n) is 20.2. The van der Waals surface area contributed by atoms with E-state index in [2.05, 4.69) is 26.6 Å². The van der Waals surface area contributed by atoms with E-state index in [9.17, 15) is 19.5 Å². The van der Waals surface area contributed by atoms with E-state index in [0.717, 1.165) is 11.1 Å². The van der Waals surface area contributed by atoms with Gasteiger partial charge in [-0.1, -0.05) is 52.3 Å². The summed E-state index contributed by atoms with van der Waals surface area (Å²) < 4.78 is 6.49. The van der Waals surface area contributed by atoms with Gasteiger partial charge in [-0.15, -0.1) is 0 Å². The number of aliphatic hydroxyl groups excluding tert-OH is 1. The molecule has 190 valence electrons. The van der Waals surface area contributed by atoms with Gasteiger partial charge in [-0.05, 0) is 49.9 Å². The molecule has 3 saturated heterocycles. The predicted molar refractivity (Wildman–Crippen MR) is 139 cm³/mol. The highest BCUT2D eigenvalue weighted by molar-refractivity contribution is 9.09. The molecule has 6 atom stereocenters. The van der Waals surface area contributed by atoms with Crippen molar-refractivity contribution in [1.29, 1.82) is 0 Å². The Kier molecular flexibility index (Phi) is 6.65. The quantitative estimate of drug-likeness (QED) is 0.455. The number of rotatable bonds is 7. The van der Waals surface area contributed by atoms with Crippen LogP contribution in [0.3, 0.4) is 0 Å². The summed E-state index contributed by atoms with van der Waals surface area (Å²) >= 11 is 3.67. The Morgan fingerprint density at radius 2 is 1.78 bits per heavy atom. The number of carbonyl (C=O) groups is 3. The van der Waals surface area contributed by atoms with E-state index in [0.29, 0.717) is 24.2 Å². The summed E-state index contributed by atoms with van der Waals surface area (Å²) in [4.78, 5) is 42.5. The molecule has 3 N–H and O–H groups in total. The zero-order valence-corrected chi connectivity index (χ0v) is 21.8. The number of halogens is 1. The summed E-state index contributed by atoms with van der Waals surface area (Å²) in [5, 5.41) is 15.5. The third-order valence-corrected chi connectivity index (χ3v) is 8.51. The molecule has 3 unspecified atom stereocenters. The van der Waals surface area contributed by atoms with Crippen molar-refractivity contribution < 1.29 is 24.2 Å². The Morgan fingerprint density at radius 3 is 2.44 bits per heavy atom. The van der Waals surface area contributed by atoms with Crippen LogP contribution in [0.4, 0.5) is 11.4 Å². The standard InChI is InChI=1S/C27H30BrN3O5/c1-15-8-6-9-16(2)21(15)30-25(34)23-27-14-18(28)22(36-27)19(20(27)26(35)31(23)12-7-13-32)24(33)29-17-10-4-3-5-11-17/h3-6,8-11,18-20,22-23,32H,7,12-14H2,1-2H3,(H,29,33)(H,30,34)/t18?,19-,20+,22-,23?,27?/m1/s1. The maximum Gasteiger partial charge on any atom is 0.250 e. The molecule has 36 heavy (non-hydrogen) atoms. The number of para-hydroxylation sites is 2. The van der Waals surface area contributed by atoms with Crippen molar-refractivity contribution in [2.45, 2.75) is 49.3 Å². The number of nitrogens with one attached hydrogen (secondary N) is 2. The summed E-state index contributed by atoms with van der Waals surface area (Å²) in [5.41, 5.74) is 2.04. The molecule has 0 saturated carbocycles. The lowest BCUT2D eigenvalue weighted by Gasteiger charge is -2.34. The van der Waals surface area contributed by atoms with Crippen molar-refractivity contribution in [1.82, 2.24) is 4.90 Å². The number of nitrogens with zero attached hydrogens (tertiary/aromatic N) is 1. The van der Waals surface area contributed by atoms with Gasteiger partial charge < -0.3 is 25.4 Å². The molecule has 9 heteroatoms. The number of likely N-dealkylation sites (tertiary alicyclic amines) is 1. The molecule has 3 fully saturated rings. The average Bonchev–Trinajstić information content (AvgIpc) is 3.44. The summed E-state index contributed by atoms with van der Waals surface area (Å²) in [6.07, 6.45) is 0.228. The Morgan fingerprint density at radius 1 is 1.08 bits per heavy atom. The largest absolute Gasteiger partial charge is 0.396 e. The normalized spacial score (nSPS) is 30.4. The second-order valence-electron chi connectivity index (χ2n) is 9.88. The van der Waals surface area contributed by atoms with Crippen molar-refractivity contribution in [3.8, 4) is 0 Å². The molecule has 3 amide bonds. The summed E-state index contributed by atoms with van der Waals surface area (Å²) in [6.45, 7) is 3.92. The van der Waals surface area contributed by atoms with Crippen LogP contribution in [0.15, 0.2) is 48.5 Å². The van der Waals surface area contributed by atoms with Crippen LogP contribution in [-0.4, -0.2) is 63.5 Å². The Balaban J connectivity index is 1.50. The van der Waals surface area contributed by atoms with E-state index in [1.165, 1.54) is 4.90 Å². The van der Waals surface area contributed by atoms with Gasteiger partial charge in [0.1, 0.15) is 11.6 Å². The SMILES string of the molecule is Cc1cccc(C)c1NC(=O)C1N(CCCO)C(=O)[C@@H]2[C@@H](C(=O)Nc3ccccc3)[C@@H]3OC12CC3Br. The van der Waals surface area contributed by atoms with Crippen LogP contribution in [0.1, 0.15) is 24.0 Å². The van der Waals surface area contributed by atoms with Gasteiger partial charge in [-0.3, -0.25) is 14.4 Å². The van der Waals surface area contributed by atoms with E-state index in [4.69, 9.17) is 4.74 Å². The van der Waals surface area contributed by atoms with Crippen LogP contribution in [0.25, 0.3) is 0 Å². The summed E-state index contributed by atoms with van der Waals surface area (Å²) in [5.74, 6) is -2.45. The van der Waals surface area contributed by atoms with Crippen LogP contribution in [0, 0.1) is 25.7 Å². The molecule has 3 aliphatic rings. The van der Waals surface area contributed by atoms with E-state index < -0.39 is 29.6 Å². The fourth-order valence-electron chi connectivity index (χ4n) is 6.16. The number of ether oxygens (including phenoxy) is 1. The molecule has 0 aliphatic carbocycles. The number of aryl methyl sites for hydroxylation is 2. The molecule has 1 spiro atoms. The fourth-order valence-corrected chi connectivity index (χ4v) is 7.10. The molecule has 8 nitrogen and oxygen atoms in total. The number of carbonyl (C=O) groups excluding carboxylic acids is 3. The topological polar surface area (TPSA) is 108 Å². The van der Waals surface area contributed by atoms with Crippen molar-refractivity contribution in [2.75, 3.05) is 23.8 Å².